The smallest absolute Gasteiger partial charge is 0.213 e. The summed E-state index contributed by atoms with van der Waals surface area (Å²) in [7, 11) is 2.29. The predicted octanol–water partition coefficient (Wildman–Crippen LogP) is 7.02. The van der Waals surface area contributed by atoms with Crippen LogP contribution in [0.25, 0.3) is 65.9 Å². The Labute approximate surface area is 423 Å². The first kappa shape index (κ1) is 49.9. The van der Waals surface area contributed by atoms with Crippen molar-refractivity contribution in [3.63, 3.8) is 0 Å². The van der Waals surface area contributed by atoms with E-state index in [9.17, 15) is 13.0 Å². The first-order valence-corrected chi connectivity index (χ1v) is 25.2. The van der Waals surface area contributed by atoms with Crippen molar-refractivity contribution >= 4 is 65.1 Å². The van der Waals surface area contributed by atoms with Gasteiger partial charge < -0.3 is 41.1 Å². The van der Waals surface area contributed by atoms with Crippen LogP contribution in [-0.2, 0) is 23.7 Å². The highest BCUT2D eigenvalue weighted by Crippen LogP contribution is 2.37. The highest BCUT2D eigenvalue weighted by atomic mass is 79.9. The van der Waals surface area contributed by atoms with Gasteiger partial charge in [-0.1, -0.05) is 97.1 Å². The quantitative estimate of drug-likeness (QED) is 0.0736. The molecule has 11 heteroatoms. The molecule has 0 amide bonds. The number of halogens is 1. The Morgan fingerprint density at radius 2 is 0.857 bits per heavy atom. The summed E-state index contributed by atoms with van der Waals surface area (Å²) in [6.07, 6.45) is 1.98. The molecular weight excluding hydrogens is 953 g/mol. The summed E-state index contributed by atoms with van der Waals surface area (Å²) < 4.78 is 35.8. The lowest BCUT2D eigenvalue weighted by Gasteiger charge is -2.34. The fraction of sp³-hybridized carbons (Fsp3) is 0.220. The van der Waals surface area contributed by atoms with Crippen molar-refractivity contribution < 1.29 is 39.1 Å². The largest absolute Gasteiger partial charge is 1.00 e. The first-order valence-electron chi connectivity index (χ1n) is 23.8. The predicted molar refractivity (Wildman–Crippen MR) is 284 cm³/mol. The SMILES string of the molecule is C=CC[n+]1c2ccccc2c(-c2ccc(N3CCN(C)CC3)cc2)c2ccccc21.CN1CCN(c2ccc(-c3c4ccccc4[n+](C)c4ccccc34)cc2)CC1.Cc1ccc(S(=O)(=O)[O-])cc1.[Br-]. The first-order chi connectivity index (χ1) is 33.5. The number of likely N-dealkylation sites (N-methyl/N-ethyl adjacent to an activating group) is 2. The summed E-state index contributed by atoms with van der Waals surface area (Å²) in [5.41, 5.74) is 13.8. The van der Waals surface area contributed by atoms with Gasteiger partial charge in [-0.15, -0.1) is 0 Å². The van der Waals surface area contributed by atoms with E-state index >= 15 is 0 Å². The van der Waals surface area contributed by atoms with Crippen LogP contribution in [0.15, 0.2) is 187 Å². The third kappa shape index (κ3) is 10.8. The lowest BCUT2D eigenvalue weighted by atomic mass is 9.95. The molecule has 0 spiro atoms. The number of piperazine rings is 2. The third-order valence-corrected chi connectivity index (χ3v) is 14.5. The minimum absolute atomic E-state index is 0. The van der Waals surface area contributed by atoms with Gasteiger partial charge in [-0.05, 0) is 98.9 Å². The summed E-state index contributed by atoms with van der Waals surface area (Å²) >= 11 is 0. The van der Waals surface area contributed by atoms with E-state index in [1.165, 1.54) is 89.4 Å². The van der Waals surface area contributed by atoms with E-state index in [1.54, 1.807) is 12.1 Å². The second-order valence-electron chi connectivity index (χ2n) is 18.2. The lowest BCUT2D eigenvalue weighted by molar-refractivity contribution is -0.634. The van der Waals surface area contributed by atoms with Gasteiger partial charge in [0.2, 0.25) is 22.1 Å². The molecule has 11 rings (SSSR count). The molecule has 2 aliphatic heterocycles. The van der Waals surface area contributed by atoms with E-state index in [2.05, 4.69) is 202 Å². The van der Waals surface area contributed by atoms with E-state index in [-0.39, 0.29) is 21.9 Å². The Hall–Kier alpha value is -6.47. The average molecular weight is 1010 g/mol. The molecule has 0 saturated carbocycles. The summed E-state index contributed by atoms with van der Waals surface area (Å²) in [6, 6.07) is 59.0. The van der Waals surface area contributed by atoms with E-state index in [4.69, 9.17) is 0 Å². The number of aromatic nitrogens is 2. The maximum atomic E-state index is 10.4. The maximum Gasteiger partial charge on any atom is 0.213 e. The molecule has 9 nitrogen and oxygen atoms in total. The minimum atomic E-state index is -4.27. The lowest BCUT2D eigenvalue weighted by Crippen LogP contribution is -3.00. The Morgan fingerprint density at radius 1 is 0.514 bits per heavy atom. The van der Waals surface area contributed by atoms with Gasteiger partial charge in [0, 0.05) is 99.1 Å². The Morgan fingerprint density at radius 3 is 1.21 bits per heavy atom. The molecule has 0 unspecified atom stereocenters. The molecule has 0 bridgehead atoms. The number of allylic oxidation sites excluding steroid dienone is 1. The highest BCUT2D eigenvalue weighted by molar-refractivity contribution is 7.85. The molecule has 2 fully saturated rings. The minimum Gasteiger partial charge on any atom is -1.00 e. The van der Waals surface area contributed by atoms with E-state index < -0.39 is 10.1 Å². The van der Waals surface area contributed by atoms with Crippen LogP contribution in [0.5, 0.6) is 0 Å². The molecule has 2 aliphatic rings. The van der Waals surface area contributed by atoms with Crippen LogP contribution < -0.4 is 35.9 Å². The van der Waals surface area contributed by atoms with Crippen molar-refractivity contribution in [3.8, 4) is 22.3 Å². The molecule has 358 valence electrons. The highest BCUT2D eigenvalue weighted by Gasteiger charge is 2.22. The van der Waals surface area contributed by atoms with Crippen LogP contribution in [0.1, 0.15) is 5.56 Å². The molecule has 0 atom stereocenters. The topological polar surface area (TPSA) is 77.9 Å². The van der Waals surface area contributed by atoms with Crippen molar-refractivity contribution in [1.82, 2.24) is 9.80 Å². The molecule has 70 heavy (non-hydrogen) atoms. The second kappa shape index (κ2) is 22.1. The van der Waals surface area contributed by atoms with Crippen molar-refractivity contribution in [3.05, 3.63) is 188 Å². The molecule has 9 aromatic rings. The molecule has 2 aromatic heterocycles. The molecule has 0 aliphatic carbocycles. The average Bonchev–Trinajstić information content (AvgIpc) is 3.38. The zero-order valence-corrected chi connectivity index (χ0v) is 42.9. The summed E-state index contributed by atoms with van der Waals surface area (Å²) in [6.45, 7) is 15.5. The molecule has 7 aromatic carbocycles. The number of nitrogens with zero attached hydrogens (tertiary/aromatic N) is 6. The number of anilines is 2. The Kier molecular flexibility index (Phi) is 15.8. The molecule has 4 heterocycles. The number of hydrogen-bond acceptors (Lipinski definition) is 7. The van der Waals surface area contributed by atoms with Crippen LogP contribution >= 0.6 is 0 Å². The number of hydrogen-bond donors (Lipinski definition) is 0. The van der Waals surface area contributed by atoms with Gasteiger partial charge in [-0.3, -0.25) is 0 Å². The zero-order valence-electron chi connectivity index (χ0n) is 40.5. The fourth-order valence-electron chi connectivity index (χ4n) is 9.81. The van der Waals surface area contributed by atoms with Crippen molar-refractivity contribution in [2.24, 2.45) is 7.05 Å². The van der Waals surface area contributed by atoms with Gasteiger partial charge >= 0.3 is 0 Å². The summed E-state index contributed by atoms with van der Waals surface area (Å²) in [5, 5.41) is 5.17. The number of aryl methyl sites for hydroxylation is 2. The van der Waals surface area contributed by atoms with Crippen molar-refractivity contribution in [2.75, 3.05) is 76.3 Å². The summed E-state index contributed by atoms with van der Waals surface area (Å²) in [5.74, 6) is 0. The van der Waals surface area contributed by atoms with E-state index in [0.29, 0.717) is 0 Å². The van der Waals surface area contributed by atoms with Crippen molar-refractivity contribution in [1.29, 1.82) is 0 Å². The van der Waals surface area contributed by atoms with Crippen LogP contribution in [0.4, 0.5) is 11.4 Å². The number of fused-ring (bicyclic) bond motifs is 4. The normalized spacial score (nSPS) is 14.4. The molecule has 0 radical (unpaired) electrons. The zero-order chi connectivity index (χ0) is 48.1. The molecule has 2 saturated heterocycles. The van der Waals surface area contributed by atoms with Crippen LogP contribution in [0.2, 0.25) is 0 Å². The maximum absolute atomic E-state index is 10.4. The second-order valence-corrected chi connectivity index (χ2v) is 19.6. The standard InChI is InChI=1S/C27H28N3.C25H26N3.C7H8O3S.BrH/c1-3-16-30-25-10-6-4-8-23(25)27(24-9-5-7-11-26(24)30)21-12-14-22(15-13-21)29-19-17-28(2)18-20-29;1-26-15-17-28(18-16-26)20-13-11-19(12-14-20)25-21-7-3-5-9-23(21)27(2)24-10-6-4-8-22(24)25;1-6-2-4-7(5-3-6)11(8,9)10;/h3-15H,1,16-20H2,2H3;3-14H,15-18H2,1-2H3;2-5H,1H3,(H,8,9,10);1H/q2*+1;;/p-2. The number of rotatable bonds is 7. The summed E-state index contributed by atoms with van der Waals surface area (Å²) in [4.78, 5) is 9.59. The van der Waals surface area contributed by atoms with Gasteiger partial charge in [0.05, 0.1) is 26.4 Å². The van der Waals surface area contributed by atoms with Crippen molar-refractivity contribution in [2.45, 2.75) is 18.4 Å². The Balaban J connectivity index is 0.000000154. The fourth-order valence-corrected chi connectivity index (χ4v) is 10.3. The van der Waals surface area contributed by atoms with Gasteiger partial charge in [-0.2, -0.15) is 9.13 Å². The molecular formula is C59H61BrN6O3S. The van der Waals surface area contributed by atoms with E-state index in [0.717, 1.165) is 64.5 Å². The van der Waals surface area contributed by atoms with Gasteiger partial charge in [0.25, 0.3) is 0 Å². The van der Waals surface area contributed by atoms with Crippen LogP contribution in [-0.4, -0.2) is 89.2 Å². The van der Waals surface area contributed by atoms with Gasteiger partial charge in [-0.25, -0.2) is 8.42 Å². The van der Waals surface area contributed by atoms with Gasteiger partial charge in [0.1, 0.15) is 17.2 Å². The Bertz CT molecular complexity index is 3260. The number of para-hydroxylation sites is 4. The molecule has 0 N–H and O–H groups in total. The third-order valence-electron chi connectivity index (χ3n) is 13.7. The van der Waals surface area contributed by atoms with E-state index in [1.807, 2.05) is 13.0 Å². The van der Waals surface area contributed by atoms with Gasteiger partial charge in [0.15, 0.2) is 6.54 Å². The number of pyridine rings is 2. The van der Waals surface area contributed by atoms with Crippen LogP contribution in [0, 0.1) is 6.92 Å². The monoisotopic (exact) mass is 1010 g/mol. The van der Waals surface area contributed by atoms with Crippen LogP contribution in [0.3, 0.4) is 0 Å². The number of benzene rings is 7.